The van der Waals surface area contributed by atoms with Gasteiger partial charge in [0.25, 0.3) is 0 Å². The summed E-state index contributed by atoms with van der Waals surface area (Å²) in [6.45, 7) is 3.83. The number of nitrogens with one attached hydrogen (secondary N) is 1. The second-order valence-corrected chi connectivity index (χ2v) is 5.70. The minimum Gasteiger partial charge on any atom is -0.481 e. The maximum absolute atomic E-state index is 12.1. The highest BCUT2D eigenvalue weighted by molar-refractivity contribution is 5.77. The molecule has 0 bridgehead atoms. The lowest BCUT2D eigenvalue weighted by atomic mass is 9.91. The van der Waals surface area contributed by atoms with Gasteiger partial charge in [-0.15, -0.1) is 0 Å². The summed E-state index contributed by atoms with van der Waals surface area (Å²) in [4.78, 5) is 24.8. The molecule has 1 aliphatic carbocycles. The minimum atomic E-state index is -0.974. The van der Waals surface area contributed by atoms with Gasteiger partial charge in [0.15, 0.2) is 0 Å². The Kier molecular flexibility index (Phi) is 5.60. The molecule has 6 heteroatoms. The van der Waals surface area contributed by atoms with Crippen LogP contribution in [0.1, 0.15) is 39.5 Å². The molecular formula is C13H24N2O4. The maximum atomic E-state index is 12.1. The van der Waals surface area contributed by atoms with Crippen molar-refractivity contribution in [2.24, 2.45) is 5.41 Å². The number of aliphatic carboxylic acids is 1. The molecule has 2 amide bonds. The van der Waals surface area contributed by atoms with E-state index in [1.165, 1.54) is 0 Å². The smallest absolute Gasteiger partial charge is 0.317 e. The van der Waals surface area contributed by atoms with Crippen molar-refractivity contribution >= 4 is 12.0 Å². The summed E-state index contributed by atoms with van der Waals surface area (Å²) in [7, 11) is 0. The topological polar surface area (TPSA) is 89.9 Å². The molecule has 0 aromatic heterocycles. The first-order valence-electron chi connectivity index (χ1n) is 6.77. The third-order valence-corrected chi connectivity index (χ3v) is 3.59. The van der Waals surface area contributed by atoms with Crippen LogP contribution in [0, 0.1) is 5.41 Å². The standard InChI is InChI=1S/C13H24N2O4/c1-13(2,11(17)18)9-14-12(19)15(7-4-8-16)10-5-3-6-10/h10,16H,3-9H2,1-2H3,(H,14,19)(H,17,18). The van der Waals surface area contributed by atoms with Gasteiger partial charge in [-0.05, 0) is 39.5 Å². The molecule has 1 saturated carbocycles. The molecule has 0 aromatic rings. The summed E-state index contributed by atoms with van der Waals surface area (Å²) in [5, 5.41) is 20.6. The van der Waals surface area contributed by atoms with Gasteiger partial charge in [0.05, 0.1) is 5.41 Å². The number of urea groups is 1. The number of hydrogen-bond donors (Lipinski definition) is 3. The molecule has 0 atom stereocenters. The highest BCUT2D eigenvalue weighted by Crippen LogP contribution is 2.25. The van der Waals surface area contributed by atoms with Crippen LogP contribution >= 0.6 is 0 Å². The quantitative estimate of drug-likeness (QED) is 0.646. The molecule has 0 saturated heterocycles. The van der Waals surface area contributed by atoms with E-state index in [4.69, 9.17) is 10.2 Å². The van der Waals surface area contributed by atoms with E-state index in [9.17, 15) is 9.59 Å². The Labute approximate surface area is 113 Å². The summed E-state index contributed by atoms with van der Waals surface area (Å²) in [5.74, 6) is -0.932. The van der Waals surface area contributed by atoms with Gasteiger partial charge >= 0.3 is 12.0 Å². The fourth-order valence-corrected chi connectivity index (χ4v) is 1.86. The van der Waals surface area contributed by atoms with Gasteiger partial charge in [0.2, 0.25) is 0 Å². The van der Waals surface area contributed by atoms with Crippen LogP contribution in [0.25, 0.3) is 0 Å². The average molecular weight is 272 g/mol. The number of aliphatic hydroxyl groups excluding tert-OH is 1. The number of amides is 2. The molecule has 110 valence electrons. The molecule has 1 rings (SSSR count). The lowest BCUT2D eigenvalue weighted by Crippen LogP contribution is -2.51. The first kappa shape index (κ1) is 15.8. The fourth-order valence-electron chi connectivity index (χ4n) is 1.86. The van der Waals surface area contributed by atoms with E-state index >= 15 is 0 Å². The van der Waals surface area contributed by atoms with Crippen LogP contribution in [0.15, 0.2) is 0 Å². The molecule has 3 N–H and O–H groups in total. The predicted octanol–water partition coefficient (Wildman–Crippen LogP) is 1.04. The number of carbonyl (C=O) groups is 2. The van der Waals surface area contributed by atoms with Gasteiger partial charge in [-0.3, -0.25) is 4.79 Å². The molecule has 0 spiro atoms. The van der Waals surface area contributed by atoms with Crippen molar-refractivity contribution in [3.63, 3.8) is 0 Å². The first-order chi connectivity index (χ1) is 8.88. The monoisotopic (exact) mass is 272 g/mol. The number of carbonyl (C=O) groups excluding carboxylic acids is 1. The van der Waals surface area contributed by atoms with E-state index in [-0.39, 0.29) is 25.2 Å². The van der Waals surface area contributed by atoms with Crippen LogP contribution in [0.3, 0.4) is 0 Å². The van der Waals surface area contributed by atoms with Crippen molar-refractivity contribution in [2.45, 2.75) is 45.6 Å². The third kappa shape index (κ3) is 4.38. The summed E-state index contributed by atoms with van der Waals surface area (Å²) in [5.41, 5.74) is -0.974. The third-order valence-electron chi connectivity index (χ3n) is 3.59. The summed E-state index contributed by atoms with van der Waals surface area (Å²) >= 11 is 0. The number of hydrogen-bond acceptors (Lipinski definition) is 3. The van der Waals surface area contributed by atoms with Crippen molar-refractivity contribution in [2.75, 3.05) is 19.7 Å². The molecule has 19 heavy (non-hydrogen) atoms. The zero-order valence-corrected chi connectivity index (χ0v) is 11.7. The van der Waals surface area contributed by atoms with Crippen LogP contribution in [0.2, 0.25) is 0 Å². The van der Waals surface area contributed by atoms with Crippen LogP contribution in [0.5, 0.6) is 0 Å². The van der Waals surface area contributed by atoms with E-state index in [2.05, 4.69) is 5.32 Å². The summed E-state index contributed by atoms with van der Waals surface area (Å²) in [6.07, 6.45) is 3.64. The van der Waals surface area contributed by atoms with E-state index in [0.717, 1.165) is 19.3 Å². The summed E-state index contributed by atoms with van der Waals surface area (Å²) in [6, 6.07) is 0.00645. The largest absolute Gasteiger partial charge is 0.481 e. The van der Waals surface area contributed by atoms with Crippen molar-refractivity contribution in [3.05, 3.63) is 0 Å². The molecular weight excluding hydrogens is 248 g/mol. The normalized spacial score (nSPS) is 15.7. The summed E-state index contributed by atoms with van der Waals surface area (Å²) < 4.78 is 0. The second kappa shape index (κ2) is 6.75. The van der Waals surface area contributed by atoms with Gasteiger partial charge in [0, 0.05) is 25.7 Å². The molecule has 0 aliphatic heterocycles. The molecule has 1 fully saturated rings. The Morgan fingerprint density at radius 2 is 2.00 bits per heavy atom. The number of carboxylic acid groups (broad SMARTS) is 1. The molecule has 0 heterocycles. The van der Waals surface area contributed by atoms with E-state index in [0.29, 0.717) is 13.0 Å². The maximum Gasteiger partial charge on any atom is 0.317 e. The number of rotatable bonds is 7. The first-order valence-corrected chi connectivity index (χ1v) is 6.77. The molecule has 1 aliphatic rings. The number of nitrogens with zero attached hydrogens (tertiary/aromatic N) is 1. The van der Waals surface area contributed by atoms with Gasteiger partial charge in [-0.25, -0.2) is 4.79 Å². The Bertz CT molecular complexity index is 327. The van der Waals surface area contributed by atoms with Gasteiger partial charge < -0.3 is 20.4 Å². The number of aliphatic hydroxyl groups is 1. The lowest BCUT2D eigenvalue weighted by Gasteiger charge is -2.38. The molecule has 0 unspecified atom stereocenters. The van der Waals surface area contributed by atoms with Gasteiger partial charge in [-0.2, -0.15) is 0 Å². The van der Waals surface area contributed by atoms with Crippen LogP contribution in [0.4, 0.5) is 4.79 Å². The van der Waals surface area contributed by atoms with Crippen molar-refractivity contribution in [1.29, 1.82) is 0 Å². The minimum absolute atomic E-state index is 0.0527. The predicted molar refractivity (Wildman–Crippen MR) is 70.9 cm³/mol. The SMILES string of the molecule is CC(C)(CNC(=O)N(CCCO)C1CCC1)C(=O)O. The highest BCUT2D eigenvalue weighted by atomic mass is 16.4. The van der Waals surface area contributed by atoms with E-state index in [1.807, 2.05) is 0 Å². The Hall–Kier alpha value is -1.30. The van der Waals surface area contributed by atoms with E-state index in [1.54, 1.807) is 18.7 Å². The fraction of sp³-hybridized carbons (Fsp3) is 0.846. The van der Waals surface area contributed by atoms with Gasteiger partial charge in [0.1, 0.15) is 0 Å². The van der Waals surface area contributed by atoms with E-state index < -0.39 is 11.4 Å². The molecule has 0 aromatic carbocycles. The molecule has 0 radical (unpaired) electrons. The van der Waals surface area contributed by atoms with Crippen molar-refractivity contribution in [1.82, 2.24) is 10.2 Å². The van der Waals surface area contributed by atoms with Crippen LogP contribution in [-0.2, 0) is 4.79 Å². The molecule has 6 nitrogen and oxygen atoms in total. The zero-order valence-electron chi connectivity index (χ0n) is 11.7. The lowest BCUT2D eigenvalue weighted by molar-refractivity contribution is -0.146. The Balaban J connectivity index is 2.49. The van der Waals surface area contributed by atoms with Crippen molar-refractivity contribution < 1.29 is 19.8 Å². The van der Waals surface area contributed by atoms with Gasteiger partial charge in [-0.1, -0.05) is 0 Å². The number of carboxylic acids is 1. The van der Waals surface area contributed by atoms with Crippen LogP contribution in [-0.4, -0.2) is 52.9 Å². The Morgan fingerprint density at radius 3 is 2.42 bits per heavy atom. The average Bonchev–Trinajstić information content (AvgIpc) is 2.28. The van der Waals surface area contributed by atoms with Crippen molar-refractivity contribution in [3.8, 4) is 0 Å². The zero-order chi connectivity index (χ0) is 14.5. The highest BCUT2D eigenvalue weighted by Gasteiger charge is 2.31. The van der Waals surface area contributed by atoms with Crippen LogP contribution < -0.4 is 5.32 Å². The Morgan fingerprint density at radius 1 is 1.37 bits per heavy atom. The second-order valence-electron chi connectivity index (χ2n) is 5.70.